The lowest BCUT2D eigenvalue weighted by molar-refractivity contribution is 0.730. The third-order valence-corrected chi connectivity index (χ3v) is 12.8. The fourth-order valence-electron chi connectivity index (χ4n) is 10.2. The summed E-state index contributed by atoms with van der Waals surface area (Å²) in [6, 6.07) is 76.2. The molecule has 0 spiro atoms. The second kappa shape index (κ2) is 13.6. The van der Waals surface area contributed by atoms with Crippen LogP contribution in [0.4, 0.5) is 0 Å². The number of hydrogen-bond donors (Lipinski definition) is 1. The number of aromatic nitrogens is 2. The first-order valence-corrected chi connectivity index (χ1v) is 20.8. The van der Waals surface area contributed by atoms with Gasteiger partial charge in [0.1, 0.15) is 0 Å². The molecular formula is C57H40N2. The molecule has 1 atom stereocenters. The van der Waals surface area contributed by atoms with Gasteiger partial charge in [-0.2, -0.15) is 0 Å². The van der Waals surface area contributed by atoms with Gasteiger partial charge in [0.05, 0.1) is 16.6 Å². The number of para-hydroxylation sites is 3. The average Bonchev–Trinajstić information content (AvgIpc) is 3.80. The lowest BCUT2D eigenvalue weighted by Gasteiger charge is -2.21. The van der Waals surface area contributed by atoms with Gasteiger partial charge in [-0.15, -0.1) is 0 Å². The van der Waals surface area contributed by atoms with Gasteiger partial charge < -0.3 is 9.55 Å². The summed E-state index contributed by atoms with van der Waals surface area (Å²) >= 11 is 0. The van der Waals surface area contributed by atoms with Crippen LogP contribution in [0.1, 0.15) is 29.0 Å². The van der Waals surface area contributed by atoms with Crippen LogP contribution < -0.4 is 0 Å². The minimum absolute atomic E-state index is 0.176. The summed E-state index contributed by atoms with van der Waals surface area (Å²) in [5.74, 6) is 0.176. The Morgan fingerprint density at radius 2 is 1.07 bits per heavy atom. The minimum Gasteiger partial charge on any atom is -0.354 e. The lowest BCUT2D eigenvalue weighted by Crippen LogP contribution is -2.04. The van der Waals surface area contributed by atoms with E-state index in [4.69, 9.17) is 0 Å². The van der Waals surface area contributed by atoms with Crippen molar-refractivity contribution in [2.75, 3.05) is 0 Å². The molecule has 0 aliphatic heterocycles. The highest BCUT2D eigenvalue weighted by Gasteiger charge is 2.29. The topological polar surface area (TPSA) is 20.7 Å². The molecule has 0 bridgehead atoms. The number of benzene rings is 9. The molecule has 278 valence electrons. The fourth-order valence-corrected chi connectivity index (χ4v) is 10.2. The van der Waals surface area contributed by atoms with Crippen LogP contribution in [0.5, 0.6) is 0 Å². The Balaban J connectivity index is 1.07. The Labute approximate surface area is 343 Å². The van der Waals surface area contributed by atoms with Crippen molar-refractivity contribution in [1.82, 2.24) is 9.55 Å². The summed E-state index contributed by atoms with van der Waals surface area (Å²) in [6.07, 6.45) is 1.97. The van der Waals surface area contributed by atoms with Gasteiger partial charge in [0.2, 0.25) is 0 Å². The first-order chi connectivity index (χ1) is 29.3. The normalized spacial score (nSPS) is 13.8. The largest absolute Gasteiger partial charge is 0.354 e. The van der Waals surface area contributed by atoms with E-state index in [9.17, 15) is 0 Å². The number of fused-ring (bicyclic) bond motifs is 9. The molecule has 1 aliphatic carbocycles. The van der Waals surface area contributed by atoms with E-state index in [0.29, 0.717) is 0 Å². The summed E-state index contributed by atoms with van der Waals surface area (Å²) in [5.41, 5.74) is 20.4. The van der Waals surface area contributed by atoms with Crippen LogP contribution in [0, 0.1) is 0 Å². The molecule has 2 nitrogen and oxygen atoms in total. The molecule has 59 heavy (non-hydrogen) atoms. The molecule has 0 saturated carbocycles. The highest BCUT2D eigenvalue weighted by molar-refractivity contribution is 6.17. The monoisotopic (exact) mass is 752 g/mol. The lowest BCUT2D eigenvalue weighted by atomic mass is 9.82. The van der Waals surface area contributed by atoms with Crippen LogP contribution >= 0.6 is 0 Å². The molecule has 0 amide bonds. The number of nitrogens with zero attached hydrogens (tertiary/aromatic N) is 1. The van der Waals surface area contributed by atoms with Gasteiger partial charge in [-0.25, -0.2) is 0 Å². The van der Waals surface area contributed by atoms with Gasteiger partial charge in [-0.3, -0.25) is 0 Å². The third-order valence-electron chi connectivity index (χ3n) is 12.8. The molecule has 2 aromatic heterocycles. The first-order valence-electron chi connectivity index (χ1n) is 20.8. The van der Waals surface area contributed by atoms with Gasteiger partial charge in [-0.1, -0.05) is 158 Å². The van der Waals surface area contributed by atoms with Gasteiger partial charge in [-0.05, 0) is 123 Å². The number of rotatable bonds is 5. The molecule has 9 aromatic carbocycles. The Kier molecular flexibility index (Phi) is 7.77. The van der Waals surface area contributed by atoms with Crippen LogP contribution in [0.2, 0.25) is 0 Å². The van der Waals surface area contributed by atoms with Gasteiger partial charge >= 0.3 is 0 Å². The van der Waals surface area contributed by atoms with E-state index < -0.39 is 0 Å². The average molecular weight is 753 g/mol. The van der Waals surface area contributed by atoms with E-state index in [1.54, 1.807) is 0 Å². The Hall–Kier alpha value is -7.42. The van der Waals surface area contributed by atoms with Crippen molar-refractivity contribution in [2.24, 2.45) is 0 Å². The molecule has 0 fully saturated rings. The molecule has 0 saturated heterocycles. The number of nitrogens with one attached hydrogen (secondary N) is 1. The predicted molar refractivity (Wildman–Crippen MR) is 248 cm³/mol. The molecular weight excluding hydrogens is 713 g/mol. The second-order valence-electron chi connectivity index (χ2n) is 16.0. The zero-order chi connectivity index (χ0) is 38.9. The van der Waals surface area contributed by atoms with E-state index >= 15 is 0 Å². The Morgan fingerprint density at radius 3 is 1.95 bits per heavy atom. The second-order valence-corrected chi connectivity index (χ2v) is 16.0. The van der Waals surface area contributed by atoms with Crippen LogP contribution in [-0.4, -0.2) is 9.55 Å². The number of aromatic amines is 1. The molecule has 1 N–H and O–H groups in total. The maximum absolute atomic E-state index is 3.92. The molecule has 2 heterocycles. The van der Waals surface area contributed by atoms with Gasteiger partial charge in [0.15, 0.2) is 0 Å². The molecule has 1 aliphatic rings. The molecule has 12 rings (SSSR count). The van der Waals surface area contributed by atoms with Crippen LogP contribution in [0.15, 0.2) is 206 Å². The minimum atomic E-state index is 0.176. The Bertz CT molecular complexity index is 3380. The summed E-state index contributed by atoms with van der Waals surface area (Å²) in [5, 5.41) is 5.11. The van der Waals surface area contributed by atoms with E-state index in [0.717, 1.165) is 12.8 Å². The van der Waals surface area contributed by atoms with Crippen molar-refractivity contribution in [1.29, 1.82) is 0 Å². The maximum atomic E-state index is 3.92. The van der Waals surface area contributed by atoms with Crippen molar-refractivity contribution < 1.29 is 0 Å². The summed E-state index contributed by atoms with van der Waals surface area (Å²) in [7, 11) is 0. The third kappa shape index (κ3) is 5.41. The Morgan fingerprint density at radius 1 is 0.424 bits per heavy atom. The SMILES string of the molecule is c1ccc(-c2cccc(-c3cc(C4CCc5cccc(-c6cccc7c6c6ccccc6n7-c6ccccc6)c5-c5ccccc54)c4[nH]c5ccccc5c4c3)c2)cc1. The summed E-state index contributed by atoms with van der Waals surface area (Å²) in [6.45, 7) is 0. The van der Waals surface area contributed by atoms with Crippen molar-refractivity contribution in [3.8, 4) is 50.2 Å². The molecule has 0 radical (unpaired) electrons. The van der Waals surface area contributed by atoms with Crippen molar-refractivity contribution in [3.05, 3.63) is 223 Å². The smallest absolute Gasteiger partial charge is 0.0547 e. The molecule has 11 aromatic rings. The van der Waals surface area contributed by atoms with Crippen molar-refractivity contribution in [3.63, 3.8) is 0 Å². The van der Waals surface area contributed by atoms with E-state index in [1.165, 1.54) is 110 Å². The number of H-pyrrole nitrogens is 1. The highest BCUT2D eigenvalue weighted by Crippen LogP contribution is 2.49. The summed E-state index contributed by atoms with van der Waals surface area (Å²) < 4.78 is 2.42. The van der Waals surface area contributed by atoms with E-state index in [2.05, 4.69) is 216 Å². The van der Waals surface area contributed by atoms with Crippen LogP contribution in [0.3, 0.4) is 0 Å². The zero-order valence-corrected chi connectivity index (χ0v) is 32.6. The zero-order valence-electron chi connectivity index (χ0n) is 32.6. The quantitative estimate of drug-likeness (QED) is 0.181. The van der Waals surface area contributed by atoms with E-state index in [1.807, 2.05) is 0 Å². The standard InChI is InChI=1S/C57H40N2/c1-3-16-37(17-4-1)39-19-13-20-40(34-39)41-35-50(57-51(36-41)45-24-9-11-29-52(45)58-57)44-33-32-38-18-14-27-47(55(38)46-25-8-7-23-43(44)46)48-28-15-31-54-56(48)49-26-10-12-30-53(49)59(54)42-21-5-2-6-22-42/h1-31,34-36,44,58H,32-33H2. The first kappa shape index (κ1) is 33.7. The van der Waals surface area contributed by atoms with Gasteiger partial charge in [0.25, 0.3) is 0 Å². The fraction of sp³-hybridized carbons (Fsp3) is 0.0526. The van der Waals surface area contributed by atoms with Crippen LogP contribution in [0.25, 0.3) is 93.8 Å². The predicted octanol–water partition coefficient (Wildman–Crippen LogP) is 15.2. The summed E-state index contributed by atoms with van der Waals surface area (Å²) in [4.78, 5) is 3.92. The number of aryl methyl sites for hydroxylation is 1. The van der Waals surface area contributed by atoms with Crippen molar-refractivity contribution in [2.45, 2.75) is 18.8 Å². The van der Waals surface area contributed by atoms with Crippen molar-refractivity contribution >= 4 is 43.6 Å². The van der Waals surface area contributed by atoms with Gasteiger partial charge in [0, 0.05) is 38.7 Å². The highest BCUT2D eigenvalue weighted by atomic mass is 15.0. The maximum Gasteiger partial charge on any atom is 0.0547 e. The van der Waals surface area contributed by atoms with Crippen LogP contribution in [-0.2, 0) is 6.42 Å². The van der Waals surface area contributed by atoms with E-state index in [-0.39, 0.29) is 5.92 Å². The number of hydrogen-bond acceptors (Lipinski definition) is 0. The molecule has 1 unspecified atom stereocenters. The molecule has 2 heteroatoms.